The predicted molar refractivity (Wildman–Crippen MR) is 69.8 cm³/mol. The molecule has 0 spiro atoms. The van der Waals surface area contributed by atoms with E-state index in [9.17, 15) is 4.79 Å². The number of ether oxygens (including phenoxy) is 1. The number of aryl methyl sites for hydroxylation is 1. The van der Waals surface area contributed by atoms with Crippen molar-refractivity contribution in [1.82, 2.24) is 0 Å². The van der Waals surface area contributed by atoms with E-state index < -0.39 is 11.6 Å². The summed E-state index contributed by atoms with van der Waals surface area (Å²) in [6, 6.07) is 6.29. The first kappa shape index (κ1) is 13.1. The molecular formula is C15H20O3. The Hall–Kier alpha value is -1.35. The average molecular weight is 248 g/mol. The molecule has 1 aliphatic heterocycles. The number of hydrogen-bond donors (Lipinski definition) is 1. The monoisotopic (exact) mass is 248 g/mol. The lowest BCUT2D eigenvalue weighted by Gasteiger charge is -2.42. The van der Waals surface area contributed by atoms with Crippen LogP contribution in [-0.2, 0) is 15.1 Å². The molecule has 0 aliphatic carbocycles. The second-order valence-electron chi connectivity index (χ2n) is 5.39. The van der Waals surface area contributed by atoms with Crippen molar-refractivity contribution in [3.63, 3.8) is 0 Å². The summed E-state index contributed by atoms with van der Waals surface area (Å²) in [4.78, 5) is 11.0. The Kier molecular flexibility index (Phi) is 3.44. The third kappa shape index (κ3) is 2.27. The van der Waals surface area contributed by atoms with E-state index in [0.29, 0.717) is 12.5 Å². The zero-order valence-electron chi connectivity index (χ0n) is 11.2. The molecule has 1 aromatic rings. The lowest BCUT2D eigenvalue weighted by atomic mass is 9.80. The average Bonchev–Trinajstić information content (AvgIpc) is 2.24. The van der Waals surface area contributed by atoms with E-state index in [1.54, 1.807) is 0 Å². The number of carbonyl (C=O) groups is 1. The molecule has 1 heterocycles. The number of benzene rings is 1. The van der Waals surface area contributed by atoms with Crippen LogP contribution in [-0.4, -0.2) is 17.7 Å². The minimum absolute atomic E-state index is 0.0510. The van der Waals surface area contributed by atoms with Crippen LogP contribution in [0.15, 0.2) is 18.2 Å². The summed E-state index contributed by atoms with van der Waals surface area (Å²) in [5.74, 6) is -0.365. The van der Waals surface area contributed by atoms with E-state index >= 15 is 0 Å². The largest absolute Gasteiger partial charge is 0.481 e. The van der Waals surface area contributed by atoms with Gasteiger partial charge in [0.25, 0.3) is 0 Å². The van der Waals surface area contributed by atoms with Crippen molar-refractivity contribution in [1.29, 1.82) is 0 Å². The minimum atomic E-state index is -0.802. The van der Waals surface area contributed by atoms with Gasteiger partial charge in [-0.3, -0.25) is 4.79 Å². The summed E-state index contributed by atoms with van der Waals surface area (Å²) in [5, 5.41) is 9.06. The first-order valence-corrected chi connectivity index (χ1v) is 6.41. The van der Waals surface area contributed by atoms with Crippen LogP contribution < -0.4 is 0 Å². The molecule has 3 nitrogen and oxygen atoms in total. The molecule has 0 bridgehead atoms. The van der Waals surface area contributed by atoms with E-state index in [2.05, 4.69) is 32.0 Å². The standard InChI is InChI=1S/C15H20O3/c1-10(2)12-5-4-11(3)13(8-12)15(6-7-18-15)9-14(16)17/h4-5,8,10H,6-7,9H2,1-3H3,(H,16,17). The Morgan fingerprint density at radius 1 is 1.50 bits per heavy atom. The first-order valence-electron chi connectivity index (χ1n) is 6.41. The molecule has 2 rings (SSSR count). The number of aliphatic carboxylic acids is 1. The van der Waals surface area contributed by atoms with E-state index in [1.807, 2.05) is 6.92 Å². The molecule has 1 aromatic carbocycles. The SMILES string of the molecule is Cc1ccc(C(C)C)cc1C1(CC(=O)O)CCO1. The van der Waals surface area contributed by atoms with Crippen molar-refractivity contribution in [2.45, 2.75) is 45.1 Å². The summed E-state index contributed by atoms with van der Waals surface area (Å²) < 4.78 is 5.65. The molecule has 1 saturated heterocycles. The minimum Gasteiger partial charge on any atom is -0.481 e. The molecule has 1 unspecified atom stereocenters. The van der Waals surface area contributed by atoms with Gasteiger partial charge >= 0.3 is 5.97 Å². The van der Waals surface area contributed by atoms with Gasteiger partial charge < -0.3 is 9.84 Å². The van der Waals surface area contributed by atoms with Crippen molar-refractivity contribution in [2.75, 3.05) is 6.61 Å². The third-order valence-corrected chi connectivity index (χ3v) is 3.74. The lowest BCUT2D eigenvalue weighted by Crippen LogP contribution is -2.43. The number of carboxylic acids is 1. The van der Waals surface area contributed by atoms with Crippen LogP contribution in [0.4, 0.5) is 0 Å². The number of carboxylic acid groups (broad SMARTS) is 1. The van der Waals surface area contributed by atoms with Gasteiger partial charge in [0.15, 0.2) is 0 Å². The molecule has 0 amide bonds. The topological polar surface area (TPSA) is 46.5 Å². The number of rotatable bonds is 4. The van der Waals surface area contributed by atoms with Crippen LogP contribution in [0.2, 0.25) is 0 Å². The first-order chi connectivity index (χ1) is 8.44. The van der Waals surface area contributed by atoms with Crippen LogP contribution in [0.1, 0.15) is 49.3 Å². The second-order valence-corrected chi connectivity index (χ2v) is 5.39. The van der Waals surface area contributed by atoms with E-state index in [4.69, 9.17) is 9.84 Å². The third-order valence-electron chi connectivity index (χ3n) is 3.74. The fourth-order valence-corrected chi connectivity index (χ4v) is 2.53. The zero-order chi connectivity index (χ0) is 13.3. The fourth-order valence-electron chi connectivity index (χ4n) is 2.53. The van der Waals surface area contributed by atoms with Gasteiger partial charge in [-0.25, -0.2) is 0 Å². The van der Waals surface area contributed by atoms with Crippen LogP contribution in [0.3, 0.4) is 0 Å². The smallest absolute Gasteiger partial charge is 0.306 e. The van der Waals surface area contributed by atoms with Crippen LogP contribution in [0.25, 0.3) is 0 Å². The Morgan fingerprint density at radius 2 is 2.17 bits per heavy atom. The van der Waals surface area contributed by atoms with E-state index in [1.165, 1.54) is 5.56 Å². The maximum atomic E-state index is 11.0. The maximum Gasteiger partial charge on any atom is 0.306 e. The zero-order valence-corrected chi connectivity index (χ0v) is 11.2. The number of hydrogen-bond acceptors (Lipinski definition) is 2. The molecule has 1 atom stereocenters. The van der Waals surface area contributed by atoms with Gasteiger partial charge in [-0.05, 0) is 29.5 Å². The Balaban J connectivity index is 2.41. The molecule has 1 fully saturated rings. The summed E-state index contributed by atoms with van der Waals surface area (Å²) in [5.41, 5.74) is 2.79. The van der Waals surface area contributed by atoms with Crippen molar-refractivity contribution < 1.29 is 14.6 Å². The Bertz CT molecular complexity index is 459. The van der Waals surface area contributed by atoms with Crippen molar-refractivity contribution >= 4 is 5.97 Å². The van der Waals surface area contributed by atoms with Gasteiger partial charge in [-0.2, -0.15) is 0 Å². The van der Waals surface area contributed by atoms with Crippen LogP contribution in [0, 0.1) is 6.92 Å². The highest BCUT2D eigenvalue weighted by atomic mass is 16.5. The molecule has 1 aliphatic rings. The summed E-state index contributed by atoms with van der Waals surface area (Å²) in [6.07, 6.45) is 0.844. The fraction of sp³-hybridized carbons (Fsp3) is 0.533. The van der Waals surface area contributed by atoms with Crippen molar-refractivity contribution in [2.24, 2.45) is 0 Å². The normalized spacial score (nSPS) is 22.9. The van der Waals surface area contributed by atoms with Crippen LogP contribution >= 0.6 is 0 Å². The van der Waals surface area contributed by atoms with Gasteiger partial charge in [0.05, 0.1) is 13.0 Å². The predicted octanol–water partition coefficient (Wildman–Crippen LogP) is 3.21. The molecule has 0 radical (unpaired) electrons. The van der Waals surface area contributed by atoms with E-state index in [0.717, 1.165) is 17.5 Å². The molecule has 0 saturated carbocycles. The molecule has 3 heteroatoms. The summed E-state index contributed by atoms with van der Waals surface area (Å²) in [6.45, 7) is 6.95. The summed E-state index contributed by atoms with van der Waals surface area (Å²) >= 11 is 0. The van der Waals surface area contributed by atoms with Gasteiger partial charge in [-0.1, -0.05) is 32.0 Å². The Morgan fingerprint density at radius 3 is 2.61 bits per heavy atom. The van der Waals surface area contributed by atoms with Gasteiger partial charge in [0.1, 0.15) is 5.60 Å². The van der Waals surface area contributed by atoms with Gasteiger partial charge in [-0.15, -0.1) is 0 Å². The molecule has 0 aromatic heterocycles. The maximum absolute atomic E-state index is 11.0. The van der Waals surface area contributed by atoms with Crippen molar-refractivity contribution in [3.8, 4) is 0 Å². The van der Waals surface area contributed by atoms with E-state index in [-0.39, 0.29) is 6.42 Å². The summed E-state index contributed by atoms with van der Waals surface area (Å²) in [7, 11) is 0. The van der Waals surface area contributed by atoms with Crippen LogP contribution in [0.5, 0.6) is 0 Å². The highest BCUT2D eigenvalue weighted by molar-refractivity contribution is 5.69. The quantitative estimate of drug-likeness (QED) is 0.890. The molecule has 98 valence electrons. The Labute approximate surface area is 108 Å². The van der Waals surface area contributed by atoms with Gasteiger partial charge in [0, 0.05) is 6.42 Å². The second kappa shape index (κ2) is 4.73. The molecular weight excluding hydrogens is 228 g/mol. The van der Waals surface area contributed by atoms with Gasteiger partial charge in [0.2, 0.25) is 0 Å². The van der Waals surface area contributed by atoms with Crippen molar-refractivity contribution in [3.05, 3.63) is 34.9 Å². The lowest BCUT2D eigenvalue weighted by molar-refractivity contribution is -0.176. The highest BCUT2D eigenvalue weighted by Crippen LogP contribution is 2.42. The highest BCUT2D eigenvalue weighted by Gasteiger charge is 2.43. The molecule has 18 heavy (non-hydrogen) atoms. The molecule has 1 N–H and O–H groups in total.